The quantitative estimate of drug-likeness (QED) is 0.703. The number of aliphatic carboxylic acids is 1. The maximum atomic E-state index is 10.4. The van der Waals surface area contributed by atoms with E-state index in [2.05, 4.69) is 9.97 Å². The highest BCUT2D eigenvalue weighted by molar-refractivity contribution is 6.32. The predicted octanol–water partition coefficient (Wildman–Crippen LogP) is 0.671. The number of hydrogen-bond acceptors (Lipinski definition) is 3. The first kappa shape index (κ1) is 10.3. The first-order valence-corrected chi connectivity index (χ1v) is 4.14. The Morgan fingerprint density at radius 2 is 2.31 bits per heavy atom. The average molecular weight is 224 g/mol. The highest BCUT2D eigenvalue weighted by atomic mass is 35.5. The van der Waals surface area contributed by atoms with Crippen LogP contribution < -0.4 is 5.73 Å². The van der Waals surface area contributed by atoms with Gasteiger partial charge in [-0.25, -0.2) is 4.98 Å². The lowest BCUT2D eigenvalue weighted by Gasteiger charge is -2.03. The number of aromatic nitrogens is 2. The van der Waals surface area contributed by atoms with Crippen LogP contribution >= 0.6 is 23.2 Å². The first-order valence-electron chi connectivity index (χ1n) is 3.39. The molecule has 0 aliphatic rings. The summed E-state index contributed by atoms with van der Waals surface area (Å²) in [6.45, 7) is 0. The second-order valence-electron chi connectivity index (χ2n) is 2.45. The predicted molar refractivity (Wildman–Crippen MR) is 47.9 cm³/mol. The van der Waals surface area contributed by atoms with Crippen LogP contribution in [0.2, 0.25) is 10.4 Å². The lowest BCUT2D eigenvalue weighted by molar-refractivity contribution is -0.138. The van der Waals surface area contributed by atoms with E-state index < -0.39 is 12.0 Å². The summed E-state index contributed by atoms with van der Waals surface area (Å²) in [5.41, 5.74) is 5.71. The topological polar surface area (TPSA) is 92.0 Å². The molecule has 1 aromatic heterocycles. The molecule has 0 saturated carbocycles. The first-order chi connectivity index (χ1) is 6.00. The Bertz CT molecular complexity index is 326. The van der Waals surface area contributed by atoms with Crippen molar-refractivity contribution in [3.63, 3.8) is 0 Å². The van der Waals surface area contributed by atoms with Crippen molar-refractivity contribution >= 4 is 29.2 Å². The molecule has 0 aliphatic heterocycles. The number of rotatable bonds is 3. The molecule has 5 nitrogen and oxygen atoms in total. The Hall–Kier alpha value is -0.780. The van der Waals surface area contributed by atoms with Crippen molar-refractivity contribution < 1.29 is 9.90 Å². The van der Waals surface area contributed by atoms with E-state index >= 15 is 0 Å². The van der Waals surface area contributed by atoms with Gasteiger partial charge in [0.25, 0.3) is 0 Å². The van der Waals surface area contributed by atoms with Gasteiger partial charge in [-0.05, 0) is 11.6 Å². The molecule has 0 spiro atoms. The van der Waals surface area contributed by atoms with E-state index in [1.165, 1.54) is 0 Å². The molecular weight excluding hydrogens is 217 g/mol. The summed E-state index contributed by atoms with van der Waals surface area (Å²) in [5, 5.41) is 8.78. The molecule has 1 heterocycles. The summed E-state index contributed by atoms with van der Waals surface area (Å²) in [7, 11) is 0. The molecule has 4 N–H and O–H groups in total. The number of carbonyl (C=O) groups is 1. The SMILES string of the molecule is N[C@@H](Cc1[nH]c(Cl)nc1Cl)C(=O)O. The number of nitrogens with zero attached hydrogens (tertiary/aromatic N) is 1. The fourth-order valence-electron chi connectivity index (χ4n) is 0.800. The van der Waals surface area contributed by atoms with E-state index in [0.717, 1.165) is 0 Å². The minimum Gasteiger partial charge on any atom is -0.480 e. The molecular formula is C6H7Cl2N3O2. The molecule has 0 fully saturated rings. The molecule has 7 heteroatoms. The third-order valence-corrected chi connectivity index (χ3v) is 1.93. The van der Waals surface area contributed by atoms with E-state index in [1.807, 2.05) is 0 Å². The van der Waals surface area contributed by atoms with Crippen molar-refractivity contribution in [2.45, 2.75) is 12.5 Å². The van der Waals surface area contributed by atoms with Crippen molar-refractivity contribution in [3.8, 4) is 0 Å². The molecule has 0 unspecified atom stereocenters. The molecule has 0 saturated heterocycles. The van der Waals surface area contributed by atoms with Crippen molar-refractivity contribution in [2.24, 2.45) is 5.73 Å². The van der Waals surface area contributed by atoms with Gasteiger partial charge in [-0.3, -0.25) is 4.79 Å². The van der Waals surface area contributed by atoms with Gasteiger partial charge in [-0.1, -0.05) is 11.6 Å². The summed E-state index contributed by atoms with van der Waals surface area (Å²) < 4.78 is 0. The van der Waals surface area contributed by atoms with Crippen LogP contribution in [0.4, 0.5) is 0 Å². The zero-order chi connectivity index (χ0) is 10.0. The van der Waals surface area contributed by atoms with Gasteiger partial charge in [0, 0.05) is 6.42 Å². The summed E-state index contributed by atoms with van der Waals surface area (Å²) in [6.07, 6.45) is 0.0773. The number of H-pyrrole nitrogens is 1. The van der Waals surface area contributed by atoms with Crippen LogP contribution in [-0.2, 0) is 11.2 Å². The summed E-state index contributed by atoms with van der Waals surface area (Å²) in [6, 6.07) is -1.01. The smallest absolute Gasteiger partial charge is 0.320 e. The molecule has 0 amide bonds. The molecule has 13 heavy (non-hydrogen) atoms. The lowest BCUT2D eigenvalue weighted by atomic mass is 10.2. The molecule has 1 atom stereocenters. The minimum atomic E-state index is -1.10. The van der Waals surface area contributed by atoms with Crippen molar-refractivity contribution in [1.82, 2.24) is 9.97 Å². The van der Waals surface area contributed by atoms with Gasteiger partial charge in [0.2, 0.25) is 5.28 Å². The fourth-order valence-corrected chi connectivity index (χ4v) is 1.25. The maximum Gasteiger partial charge on any atom is 0.320 e. The molecule has 0 aromatic carbocycles. The van der Waals surface area contributed by atoms with Crippen LogP contribution in [0.15, 0.2) is 0 Å². The van der Waals surface area contributed by atoms with Crippen LogP contribution in [-0.4, -0.2) is 27.1 Å². The molecule has 1 rings (SSSR count). The van der Waals surface area contributed by atoms with Crippen LogP contribution in [0, 0.1) is 0 Å². The summed E-state index contributed by atoms with van der Waals surface area (Å²) >= 11 is 11.1. The van der Waals surface area contributed by atoms with E-state index in [1.54, 1.807) is 0 Å². The van der Waals surface area contributed by atoms with Crippen molar-refractivity contribution in [1.29, 1.82) is 0 Å². The number of carboxylic acids is 1. The Balaban J connectivity index is 2.74. The highest BCUT2D eigenvalue weighted by Gasteiger charge is 2.16. The summed E-state index contributed by atoms with van der Waals surface area (Å²) in [4.78, 5) is 16.6. The number of nitrogens with two attached hydrogens (primary N) is 1. The van der Waals surface area contributed by atoms with Crippen LogP contribution in [0.25, 0.3) is 0 Å². The van der Waals surface area contributed by atoms with Gasteiger partial charge in [0.1, 0.15) is 6.04 Å². The third kappa shape index (κ3) is 2.58. The van der Waals surface area contributed by atoms with E-state index in [-0.39, 0.29) is 16.9 Å². The molecule has 0 bridgehead atoms. The zero-order valence-corrected chi connectivity index (χ0v) is 7.93. The van der Waals surface area contributed by atoms with Gasteiger partial charge in [-0.2, -0.15) is 0 Å². The largest absolute Gasteiger partial charge is 0.480 e. The van der Waals surface area contributed by atoms with Gasteiger partial charge in [0.05, 0.1) is 5.69 Å². The molecule has 0 radical (unpaired) electrons. The Kier molecular flexibility index (Phi) is 3.13. The Morgan fingerprint density at radius 3 is 2.69 bits per heavy atom. The number of halogens is 2. The zero-order valence-electron chi connectivity index (χ0n) is 6.42. The standard InChI is InChI=1S/C6H7Cl2N3O2/c7-4-3(10-6(8)11-4)1-2(9)5(12)13/h2H,1,9H2,(H,10,11)(H,12,13)/t2-/m0/s1. The minimum absolute atomic E-state index is 0.0773. The molecule has 72 valence electrons. The van der Waals surface area contributed by atoms with Gasteiger partial charge in [0.15, 0.2) is 5.15 Å². The molecule has 1 aromatic rings. The monoisotopic (exact) mass is 223 g/mol. The van der Waals surface area contributed by atoms with E-state index in [4.69, 9.17) is 34.0 Å². The van der Waals surface area contributed by atoms with Gasteiger partial charge >= 0.3 is 5.97 Å². The molecule has 0 aliphatic carbocycles. The van der Waals surface area contributed by atoms with Crippen LogP contribution in [0.1, 0.15) is 5.69 Å². The van der Waals surface area contributed by atoms with Crippen LogP contribution in [0.5, 0.6) is 0 Å². The lowest BCUT2D eigenvalue weighted by Crippen LogP contribution is -2.32. The van der Waals surface area contributed by atoms with E-state index in [9.17, 15) is 4.79 Å². The number of imidazole rings is 1. The number of carboxylic acid groups (broad SMARTS) is 1. The normalized spacial score (nSPS) is 12.8. The Morgan fingerprint density at radius 1 is 1.69 bits per heavy atom. The summed E-state index contributed by atoms with van der Waals surface area (Å²) in [5.74, 6) is -1.10. The second kappa shape index (κ2) is 3.95. The maximum absolute atomic E-state index is 10.4. The Labute approximate surface area is 83.9 Å². The van der Waals surface area contributed by atoms with Crippen molar-refractivity contribution in [3.05, 3.63) is 16.1 Å². The number of hydrogen-bond donors (Lipinski definition) is 3. The van der Waals surface area contributed by atoms with Crippen molar-refractivity contribution in [2.75, 3.05) is 0 Å². The van der Waals surface area contributed by atoms with Gasteiger partial charge < -0.3 is 15.8 Å². The third-order valence-electron chi connectivity index (χ3n) is 1.44. The van der Waals surface area contributed by atoms with E-state index in [0.29, 0.717) is 5.69 Å². The van der Waals surface area contributed by atoms with Crippen LogP contribution in [0.3, 0.4) is 0 Å². The average Bonchev–Trinajstić information content (AvgIpc) is 2.30. The number of nitrogens with one attached hydrogen (secondary N) is 1. The second-order valence-corrected chi connectivity index (χ2v) is 3.16. The number of aromatic amines is 1. The fraction of sp³-hybridized carbons (Fsp3) is 0.333. The highest BCUT2D eigenvalue weighted by Crippen LogP contribution is 2.16. The van der Waals surface area contributed by atoms with Gasteiger partial charge in [-0.15, -0.1) is 0 Å².